The summed E-state index contributed by atoms with van der Waals surface area (Å²) in [5.41, 5.74) is 0.504. The molecule has 0 saturated carbocycles. The minimum atomic E-state index is -0.621. The number of methoxy groups -OCH3 is 1. The first-order valence-electron chi connectivity index (χ1n) is 8.00. The molecule has 0 unspecified atom stereocenters. The van der Waals surface area contributed by atoms with Crippen molar-refractivity contribution in [3.8, 4) is 5.75 Å². The summed E-state index contributed by atoms with van der Waals surface area (Å²) >= 11 is 1.58. The van der Waals surface area contributed by atoms with Crippen LogP contribution in [0.2, 0.25) is 0 Å². The van der Waals surface area contributed by atoms with E-state index in [1.807, 2.05) is 6.92 Å². The van der Waals surface area contributed by atoms with Crippen LogP contribution in [-0.4, -0.2) is 53.1 Å². The van der Waals surface area contributed by atoms with Crippen LogP contribution < -0.4 is 10.1 Å². The summed E-state index contributed by atoms with van der Waals surface area (Å²) in [6.45, 7) is 1.56. The lowest BCUT2D eigenvalue weighted by atomic mass is 10.2. The van der Waals surface area contributed by atoms with Crippen LogP contribution in [0.15, 0.2) is 24.3 Å². The number of hydrogen-bond acceptors (Lipinski definition) is 6. The van der Waals surface area contributed by atoms with E-state index in [2.05, 4.69) is 5.32 Å². The van der Waals surface area contributed by atoms with Gasteiger partial charge in [-0.3, -0.25) is 9.59 Å². The second kappa shape index (κ2) is 6.95. The van der Waals surface area contributed by atoms with Gasteiger partial charge in [0.1, 0.15) is 11.8 Å². The molecule has 2 fully saturated rings. The molecule has 2 heterocycles. The van der Waals surface area contributed by atoms with Crippen molar-refractivity contribution in [1.29, 1.82) is 0 Å². The zero-order chi connectivity index (χ0) is 18.0. The third-order valence-corrected chi connectivity index (χ3v) is 5.95. The summed E-state index contributed by atoms with van der Waals surface area (Å²) in [6, 6.07) is 6.34. The number of carbonyl (C=O) groups excluding carboxylic acids is 3. The summed E-state index contributed by atoms with van der Waals surface area (Å²) < 4.78 is 10.3. The number of nitrogens with one attached hydrogen (secondary N) is 1. The SMILES string of the molecule is COc1ccccc1NC(=O)COC(=O)[C@H]1CS[C@@]2(C)CCC(=O)N12. The molecule has 3 rings (SSSR count). The number of fused-ring (bicyclic) bond motifs is 1. The third kappa shape index (κ3) is 3.44. The molecule has 0 bridgehead atoms. The molecule has 2 atom stereocenters. The highest BCUT2D eigenvalue weighted by atomic mass is 32.2. The number of anilines is 1. The Morgan fingerprint density at radius 1 is 1.40 bits per heavy atom. The van der Waals surface area contributed by atoms with Crippen LogP contribution in [0.5, 0.6) is 5.75 Å². The molecule has 0 aromatic heterocycles. The number of nitrogens with zero attached hydrogens (tertiary/aromatic N) is 1. The average Bonchev–Trinajstić information content (AvgIpc) is 3.09. The number of ether oxygens (including phenoxy) is 2. The van der Waals surface area contributed by atoms with Gasteiger partial charge in [0, 0.05) is 12.2 Å². The van der Waals surface area contributed by atoms with Crippen molar-refractivity contribution in [2.45, 2.75) is 30.7 Å². The van der Waals surface area contributed by atoms with E-state index in [1.54, 1.807) is 40.9 Å². The molecule has 2 amide bonds. The van der Waals surface area contributed by atoms with Crippen molar-refractivity contribution in [2.75, 3.05) is 24.8 Å². The lowest BCUT2D eigenvalue weighted by Crippen LogP contribution is -2.47. The van der Waals surface area contributed by atoms with Gasteiger partial charge in [0.2, 0.25) is 5.91 Å². The standard InChI is InChI=1S/C17H20N2O5S/c1-17-8-7-15(21)19(17)12(10-25-17)16(22)24-9-14(20)18-11-5-3-4-6-13(11)23-2/h3-6,12H,7-10H2,1-2H3,(H,18,20)/t12-,17+/m1/s1. The van der Waals surface area contributed by atoms with E-state index in [0.29, 0.717) is 23.6 Å². The Bertz CT molecular complexity index is 710. The summed E-state index contributed by atoms with van der Waals surface area (Å²) in [4.78, 5) is 37.7. The molecule has 2 aliphatic heterocycles. The van der Waals surface area contributed by atoms with E-state index in [-0.39, 0.29) is 10.8 Å². The topological polar surface area (TPSA) is 84.9 Å². The third-order valence-electron chi connectivity index (χ3n) is 4.44. The summed E-state index contributed by atoms with van der Waals surface area (Å²) in [5.74, 6) is -0.0174. The zero-order valence-corrected chi connectivity index (χ0v) is 14.9. The van der Waals surface area contributed by atoms with E-state index >= 15 is 0 Å². The van der Waals surface area contributed by atoms with Crippen molar-refractivity contribution in [1.82, 2.24) is 4.90 Å². The van der Waals surface area contributed by atoms with Crippen LogP contribution >= 0.6 is 11.8 Å². The number of esters is 1. The molecule has 0 aliphatic carbocycles. The van der Waals surface area contributed by atoms with Crippen molar-refractivity contribution >= 4 is 35.2 Å². The molecular formula is C17H20N2O5S. The van der Waals surface area contributed by atoms with Crippen LogP contribution in [0.4, 0.5) is 5.69 Å². The minimum absolute atomic E-state index is 0.0343. The molecule has 2 aliphatic rings. The van der Waals surface area contributed by atoms with Gasteiger partial charge in [0.05, 0.1) is 17.7 Å². The van der Waals surface area contributed by atoms with Crippen molar-refractivity contribution in [3.63, 3.8) is 0 Å². The van der Waals surface area contributed by atoms with E-state index < -0.39 is 24.5 Å². The van der Waals surface area contributed by atoms with Crippen molar-refractivity contribution in [2.24, 2.45) is 0 Å². The van der Waals surface area contributed by atoms with Crippen LogP contribution in [0, 0.1) is 0 Å². The highest BCUT2D eigenvalue weighted by molar-refractivity contribution is 8.01. The molecule has 1 aromatic rings. The van der Waals surface area contributed by atoms with E-state index in [1.165, 1.54) is 7.11 Å². The number of rotatable bonds is 5. The molecule has 1 N–H and O–H groups in total. The van der Waals surface area contributed by atoms with Gasteiger partial charge in [0.15, 0.2) is 6.61 Å². The van der Waals surface area contributed by atoms with Gasteiger partial charge < -0.3 is 19.7 Å². The largest absolute Gasteiger partial charge is 0.495 e. The molecule has 0 radical (unpaired) electrons. The molecule has 25 heavy (non-hydrogen) atoms. The van der Waals surface area contributed by atoms with Crippen molar-refractivity contribution in [3.05, 3.63) is 24.3 Å². The smallest absolute Gasteiger partial charge is 0.330 e. The minimum Gasteiger partial charge on any atom is -0.495 e. The molecule has 1 aromatic carbocycles. The summed E-state index contributed by atoms with van der Waals surface area (Å²) in [7, 11) is 1.51. The fourth-order valence-electron chi connectivity index (χ4n) is 3.16. The normalized spacial score (nSPS) is 24.8. The molecule has 0 spiro atoms. The van der Waals surface area contributed by atoms with Gasteiger partial charge in [-0.25, -0.2) is 4.79 Å². The van der Waals surface area contributed by atoms with E-state index in [0.717, 1.165) is 6.42 Å². The van der Waals surface area contributed by atoms with Crippen LogP contribution in [0.3, 0.4) is 0 Å². The average molecular weight is 364 g/mol. The zero-order valence-electron chi connectivity index (χ0n) is 14.1. The number of benzene rings is 1. The maximum Gasteiger partial charge on any atom is 0.330 e. The fourth-order valence-corrected chi connectivity index (χ4v) is 4.58. The predicted octanol–water partition coefficient (Wildman–Crippen LogP) is 1.63. The Hall–Kier alpha value is -2.22. The maximum atomic E-state index is 12.3. The molecule has 7 nitrogen and oxygen atoms in total. The fraction of sp³-hybridized carbons (Fsp3) is 0.471. The molecule has 8 heteroatoms. The first-order chi connectivity index (χ1) is 11.9. The number of hydrogen-bond donors (Lipinski definition) is 1. The van der Waals surface area contributed by atoms with Gasteiger partial charge in [-0.05, 0) is 25.5 Å². The summed E-state index contributed by atoms with van der Waals surface area (Å²) in [5, 5.41) is 2.64. The number of carbonyl (C=O) groups is 3. The Morgan fingerprint density at radius 2 is 2.16 bits per heavy atom. The highest BCUT2D eigenvalue weighted by Crippen LogP contribution is 2.47. The Morgan fingerprint density at radius 3 is 2.92 bits per heavy atom. The second-order valence-electron chi connectivity index (χ2n) is 6.12. The second-order valence-corrected chi connectivity index (χ2v) is 7.62. The Kier molecular flexibility index (Phi) is 4.89. The Labute approximate surface area is 150 Å². The van der Waals surface area contributed by atoms with Crippen LogP contribution in [-0.2, 0) is 19.1 Å². The van der Waals surface area contributed by atoms with E-state index in [9.17, 15) is 14.4 Å². The Balaban J connectivity index is 1.56. The first-order valence-corrected chi connectivity index (χ1v) is 8.99. The lowest BCUT2D eigenvalue weighted by Gasteiger charge is -2.29. The number of thioether (sulfide) groups is 1. The van der Waals surface area contributed by atoms with Gasteiger partial charge in [-0.15, -0.1) is 11.8 Å². The molecular weight excluding hydrogens is 344 g/mol. The lowest BCUT2D eigenvalue weighted by molar-refractivity contribution is -0.155. The maximum absolute atomic E-state index is 12.3. The number of para-hydroxylation sites is 2. The van der Waals surface area contributed by atoms with Crippen LogP contribution in [0.1, 0.15) is 19.8 Å². The molecule has 134 valence electrons. The van der Waals surface area contributed by atoms with Crippen LogP contribution in [0.25, 0.3) is 0 Å². The number of amides is 2. The van der Waals surface area contributed by atoms with Gasteiger partial charge >= 0.3 is 5.97 Å². The van der Waals surface area contributed by atoms with Crippen molar-refractivity contribution < 1.29 is 23.9 Å². The quantitative estimate of drug-likeness (QED) is 0.800. The predicted molar refractivity (Wildman–Crippen MR) is 93.3 cm³/mol. The van der Waals surface area contributed by atoms with Gasteiger partial charge in [-0.2, -0.15) is 0 Å². The summed E-state index contributed by atoms with van der Waals surface area (Å²) in [6.07, 6.45) is 1.18. The van der Waals surface area contributed by atoms with Gasteiger partial charge in [-0.1, -0.05) is 12.1 Å². The first kappa shape index (κ1) is 17.6. The monoisotopic (exact) mass is 364 g/mol. The van der Waals surface area contributed by atoms with E-state index in [4.69, 9.17) is 9.47 Å². The van der Waals surface area contributed by atoms with Gasteiger partial charge in [0.25, 0.3) is 5.91 Å². The molecule has 2 saturated heterocycles. The highest BCUT2D eigenvalue weighted by Gasteiger charge is 2.53.